The zero-order valence-corrected chi connectivity index (χ0v) is 10.1. The summed E-state index contributed by atoms with van der Waals surface area (Å²) in [5, 5.41) is 5.81. The summed E-state index contributed by atoms with van der Waals surface area (Å²) in [7, 11) is 1.42. The van der Waals surface area contributed by atoms with E-state index in [0.717, 1.165) is 0 Å². The van der Waals surface area contributed by atoms with E-state index in [2.05, 4.69) is 17.2 Å². The number of rotatable bonds is 3. The molecule has 1 aromatic rings. The van der Waals surface area contributed by atoms with Gasteiger partial charge in [-0.3, -0.25) is 4.79 Å². The highest BCUT2D eigenvalue weighted by Gasteiger charge is 2.21. The van der Waals surface area contributed by atoms with Gasteiger partial charge in [0.2, 0.25) is 5.91 Å². The molecular formula is C13H15FN2O2. The lowest BCUT2D eigenvalue weighted by atomic mass is 10.0. The van der Waals surface area contributed by atoms with Crippen LogP contribution in [-0.4, -0.2) is 19.1 Å². The van der Waals surface area contributed by atoms with Crippen LogP contribution in [0.25, 0.3) is 0 Å². The van der Waals surface area contributed by atoms with E-state index in [1.165, 1.54) is 13.2 Å². The molecule has 1 atom stereocenters. The van der Waals surface area contributed by atoms with E-state index in [9.17, 15) is 9.18 Å². The lowest BCUT2D eigenvalue weighted by Crippen LogP contribution is -2.39. The lowest BCUT2D eigenvalue weighted by Gasteiger charge is -2.26. The Bertz CT molecular complexity index is 488. The van der Waals surface area contributed by atoms with Crippen LogP contribution in [-0.2, 0) is 4.79 Å². The molecule has 96 valence electrons. The summed E-state index contributed by atoms with van der Waals surface area (Å²) in [5.41, 5.74) is 1.25. The van der Waals surface area contributed by atoms with Gasteiger partial charge in [-0.2, -0.15) is 0 Å². The third-order valence-electron chi connectivity index (χ3n) is 2.87. The number of nitrogens with one attached hydrogen (secondary N) is 2. The smallest absolute Gasteiger partial charge is 0.224 e. The van der Waals surface area contributed by atoms with E-state index in [1.807, 2.05) is 0 Å². The number of carbonyl (C=O) groups is 1. The molecule has 0 spiro atoms. The number of piperidine rings is 1. The highest BCUT2D eigenvalue weighted by molar-refractivity contribution is 5.79. The van der Waals surface area contributed by atoms with E-state index in [-0.39, 0.29) is 17.7 Å². The normalized spacial score (nSPS) is 19.3. The summed E-state index contributed by atoms with van der Waals surface area (Å²) in [4.78, 5) is 11.1. The number of carbonyl (C=O) groups excluding carboxylic acids is 1. The van der Waals surface area contributed by atoms with Crippen LogP contribution in [0.15, 0.2) is 30.5 Å². The quantitative estimate of drug-likeness (QED) is 0.863. The summed E-state index contributed by atoms with van der Waals surface area (Å²) in [6.45, 7) is 3.79. The number of hydrogen-bond donors (Lipinski definition) is 2. The SMILES string of the molecule is C=C1NC(=O)CCC1Nc1ccc(OC)c(F)c1. The first-order valence-corrected chi connectivity index (χ1v) is 5.69. The van der Waals surface area contributed by atoms with Crippen molar-refractivity contribution in [1.29, 1.82) is 0 Å². The Balaban J connectivity index is 2.07. The molecule has 1 aromatic carbocycles. The average molecular weight is 250 g/mol. The number of amides is 1. The Labute approximate surface area is 105 Å². The van der Waals surface area contributed by atoms with Crippen LogP contribution in [0.3, 0.4) is 0 Å². The predicted molar refractivity (Wildman–Crippen MR) is 66.9 cm³/mol. The number of anilines is 1. The molecule has 2 rings (SSSR count). The van der Waals surface area contributed by atoms with E-state index in [1.54, 1.807) is 12.1 Å². The van der Waals surface area contributed by atoms with Crippen LogP contribution in [0.1, 0.15) is 12.8 Å². The number of methoxy groups -OCH3 is 1. The molecule has 0 saturated carbocycles. The van der Waals surface area contributed by atoms with Crippen LogP contribution in [0.5, 0.6) is 5.75 Å². The van der Waals surface area contributed by atoms with Crippen molar-refractivity contribution in [3.63, 3.8) is 0 Å². The Morgan fingerprint density at radius 3 is 2.94 bits per heavy atom. The molecule has 1 fully saturated rings. The highest BCUT2D eigenvalue weighted by atomic mass is 19.1. The second-order valence-corrected chi connectivity index (χ2v) is 4.16. The molecule has 2 N–H and O–H groups in total. The van der Waals surface area contributed by atoms with E-state index in [4.69, 9.17) is 4.74 Å². The van der Waals surface area contributed by atoms with Gasteiger partial charge in [0.15, 0.2) is 11.6 Å². The molecule has 0 bridgehead atoms. The van der Waals surface area contributed by atoms with Gasteiger partial charge in [0.1, 0.15) is 0 Å². The zero-order valence-electron chi connectivity index (χ0n) is 10.1. The minimum Gasteiger partial charge on any atom is -0.494 e. The molecule has 1 amide bonds. The molecule has 5 heteroatoms. The monoisotopic (exact) mass is 250 g/mol. The molecule has 4 nitrogen and oxygen atoms in total. The fraction of sp³-hybridized carbons (Fsp3) is 0.308. The van der Waals surface area contributed by atoms with Gasteiger partial charge in [-0.15, -0.1) is 0 Å². The predicted octanol–water partition coefficient (Wildman–Crippen LogP) is 2.04. The third-order valence-corrected chi connectivity index (χ3v) is 2.87. The number of benzene rings is 1. The fourth-order valence-electron chi connectivity index (χ4n) is 1.89. The minimum atomic E-state index is -0.423. The van der Waals surface area contributed by atoms with Gasteiger partial charge in [-0.25, -0.2) is 4.39 Å². The Hall–Kier alpha value is -2.04. The van der Waals surface area contributed by atoms with Crippen LogP contribution >= 0.6 is 0 Å². The highest BCUT2D eigenvalue weighted by Crippen LogP contribution is 2.23. The molecule has 0 radical (unpaired) electrons. The first-order chi connectivity index (χ1) is 8.60. The zero-order chi connectivity index (χ0) is 13.1. The number of hydrogen-bond acceptors (Lipinski definition) is 3. The summed E-state index contributed by atoms with van der Waals surface area (Å²) < 4.78 is 18.4. The van der Waals surface area contributed by atoms with Crippen molar-refractivity contribution in [2.24, 2.45) is 0 Å². The van der Waals surface area contributed by atoms with Crippen LogP contribution in [0, 0.1) is 5.82 Å². The average Bonchev–Trinajstić information content (AvgIpc) is 2.33. The molecule has 1 heterocycles. The van der Waals surface area contributed by atoms with Crippen molar-refractivity contribution in [1.82, 2.24) is 5.32 Å². The first kappa shape index (κ1) is 12.4. The second-order valence-electron chi connectivity index (χ2n) is 4.16. The van der Waals surface area contributed by atoms with Crippen molar-refractivity contribution in [2.75, 3.05) is 12.4 Å². The third kappa shape index (κ3) is 2.61. The summed E-state index contributed by atoms with van der Waals surface area (Å²) >= 11 is 0. The second kappa shape index (κ2) is 5.08. The van der Waals surface area contributed by atoms with Gasteiger partial charge in [0.25, 0.3) is 0 Å². The molecule has 0 aromatic heterocycles. The van der Waals surface area contributed by atoms with Crippen LogP contribution in [0.2, 0.25) is 0 Å². The molecule has 1 unspecified atom stereocenters. The van der Waals surface area contributed by atoms with Crippen molar-refractivity contribution in [3.05, 3.63) is 36.3 Å². The lowest BCUT2D eigenvalue weighted by molar-refractivity contribution is -0.121. The van der Waals surface area contributed by atoms with Crippen molar-refractivity contribution in [3.8, 4) is 5.75 Å². The van der Waals surface area contributed by atoms with E-state index >= 15 is 0 Å². The molecule has 1 aliphatic rings. The van der Waals surface area contributed by atoms with Crippen molar-refractivity contribution >= 4 is 11.6 Å². The Morgan fingerprint density at radius 2 is 2.33 bits per heavy atom. The first-order valence-electron chi connectivity index (χ1n) is 5.69. The van der Waals surface area contributed by atoms with Crippen LogP contribution in [0.4, 0.5) is 10.1 Å². The van der Waals surface area contributed by atoms with Crippen LogP contribution < -0.4 is 15.4 Å². The Kier molecular flexibility index (Phi) is 3.50. The molecule has 18 heavy (non-hydrogen) atoms. The topological polar surface area (TPSA) is 50.4 Å². The largest absolute Gasteiger partial charge is 0.494 e. The maximum Gasteiger partial charge on any atom is 0.224 e. The van der Waals surface area contributed by atoms with Gasteiger partial charge in [0.05, 0.1) is 13.2 Å². The van der Waals surface area contributed by atoms with Gasteiger partial charge in [0, 0.05) is 23.9 Å². The maximum absolute atomic E-state index is 13.5. The number of ether oxygens (including phenoxy) is 1. The van der Waals surface area contributed by atoms with Gasteiger partial charge >= 0.3 is 0 Å². The van der Waals surface area contributed by atoms with Crippen molar-refractivity contribution < 1.29 is 13.9 Å². The van der Waals surface area contributed by atoms with Crippen molar-refractivity contribution in [2.45, 2.75) is 18.9 Å². The summed E-state index contributed by atoms with van der Waals surface area (Å²) in [6, 6.07) is 4.58. The maximum atomic E-state index is 13.5. The van der Waals surface area contributed by atoms with E-state index in [0.29, 0.717) is 24.2 Å². The fourth-order valence-corrected chi connectivity index (χ4v) is 1.89. The summed E-state index contributed by atoms with van der Waals surface area (Å²) in [5.74, 6) is -0.247. The molecule has 0 aliphatic carbocycles. The Morgan fingerprint density at radius 1 is 1.56 bits per heavy atom. The number of halogens is 1. The van der Waals surface area contributed by atoms with Gasteiger partial charge in [-0.05, 0) is 18.6 Å². The molecular weight excluding hydrogens is 235 g/mol. The van der Waals surface area contributed by atoms with Gasteiger partial charge < -0.3 is 15.4 Å². The summed E-state index contributed by atoms with van der Waals surface area (Å²) in [6.07, 6.45) is 1.09. The molecule has 1 saturated heterocycles. The standard InChI is InChI=1S/C13H15FN2O2/c1-8-11(4-6-13(17)15-8)16-9-3-5-12(18-2)10(14)7-9/h3,5,7,11,16H,1,4,6H2,2H3,(H,15,17). The molecule has 1 aliphatic heterocycles. The van der Waals surface area contributed by atoms with E-state index < -0.39 is 5.82 Å². The minimum absolute atomic E-state index is 0.0287. The van der Waals surface area contributed by atoms with Gasteiger partial charge in [-0.1, -0.05) is 6.58 Å².